The van der Waals surface area contributed by atoms with Crippen LogP contribution in [-0.4, -0.2) is 72.3 Å². The Morgan fingerprint density at radius 2 is 1.92 bits per heavy atom. The number of hydrogen-bond donors (Lipinski definition) is 1. The molecule has 0 amide bonds. The zero-order valence-electron chi connectivity index (χ0n) is 15.4. The first-order valence-electron chi connectivity index (χ1n) is 8.92. The van der Waals surface area contributed by atoms with Gasteiger partial charge < -0.3 is 14.9 Å². The highest BCUT2D eigenvalue weighted by Crippen LogP contribution is 2.27. The van der Waals surface area contributed by atoms with Crippen molar-refractivity contribution in [3.63, 3.8) is 0 Å². The Kier molecular flexibility index (Phi) is 9.89. The van der Waals surface area contributed by atoms with Crippen molar-refractivity contribution >= 4 is 6.29 Å². The van der Waals surface area contributed by atoms with E-state index in [1.165, 1.54) is 19.3 Å². The van der Waals surface area contributed by atoms with Crippen LogP contribution in [0.15, 0.2) is 12.7 Å². The third kappa shape index (κ3) is 6.74. The topological polar surface area (TPSA) is 47.0 Å². The third-order valence-corrected chi connectivity index (χ3v) is 4.62. The van der Waals surface area contributed by atoms with Gasteiger partial charge in [-0.3, -0.25) is 4.90 Å². The molecule has 1 N–H and O–H groups in total. The Bertz CT molecular complexity index is 436. The minimum atomic E-state index is -0.286. The molecule has 1 aliphatic rings. The average Bonchev–Trinajstić information content (AvgIpc) is 2.57. The second kappa shape index (κ2) is 11.4. The van der Waals surface area contributed by atoms with Gasteiger partial charge in [0, 0.05) is 25.0 Å². The predicted octanol–water partition coefficient (Wildman–Crippen LogP) is 2.22. The van der Waals surface area contributed by atoms with E-state index in [4.69, 9.17) is 0 Å². The molecular weight excluding hydrogens is 302 g/mol. The molecule has 2 atom stereocenters. The summed E-state index contributed by atoms with van der Waals surface area (Å²) >= 11 is 0. The number of hydroxylamine groups is 2. The quantitative estimate of drug-likeness (QED) is 0.303. The van der Waals surface area contributed by atoms with Crippen LogP contribution >= 0.6 is 0 Å². The second-order valence-corrected chi connectivity index (χ2v) is 6.82. The zero-order valence-corrected chi connectivity index (χ0v) is 15.4. The number of likely N-dealkylation sites (N-methyl/N-ethyl adjacent to an activating group) is 1. The molecule has 0 heterocycles. The van der Waals surface area contributed by atoms with Crippen molar-refractivity contribution in [1.29, 1.82) is 0 Å². The van der Waals surface area contributed by atoms with Gasteiger partial charge in [0.05, 0.1) is 6.54 Å². The van der Waals surface area contributed by atoms with Gasteiger partial charge in [0.15, 0.2) is 0 Å². The Morgan fingerprint density at radius 3 is 2.46 bits per heavy atom. The molecular formula is C19H33N3O2. The van der Waals surface area contributed by atoms with Crippen LogP contribution in [0.2, 0.25) is 0 Å². The number of aldehydes is 1. The number of carbonyl (C=O) groups excluding carboxylic acids is 1. The molecule has 1 fully saturated rings. The van der Waals surface area contributed by atoms with Gasteiger partial charge in [-0.05, 0) is 39.9 Å². The highest BCUT2D eigenvalue weighted by molar-refractivity contribution is 5.51. The van der Waals surface area contributed by atoms with Gasteiger partial charge in [-0.2, -0.15) is 5.06 Å². The number of nitrogens with zero attached hydrogens (tertiary/aromatic N) is 3. The molecule has 0 radical (unpaired) electrons. The number of hydrogen-bond acceptors (Lipinski definition) is 5. The van der Waals surface area contributed by atoms with Crippen LogP contribution in [0.1, 0.15) is 39.0 Å². The van der Waals surface area contributed by atoms with E-state index in [0.29, 0.717) is 6.04 Å². The summed E-state index contributed by atoms with van der Waals surface area (Å²) < 4.78 is 0. The second-order valence-electron chi connectivity index (χ2n) is 6.82. The van der Waals surface area contributed by atoms with Gasteiger partial charge in [-0.25, -0.2) is 0 Å². The van der Waals surface area contributed by atoms with Crippen LogP contribution in [0, 0.1) is 17.8 Å². The first kappa shape index (κ1) is 20.9. The fourth-order valence-corrected chi connectivity index (χ4v) is 3.42. The molecule has 1 rings (SSSR count). The summed E-state index contributed by atoms with van der Waals surface area (Å²) in [6.07, 6.45) is 8.03. The molecule has 2 unspecified atom stereocenters. The molecule has 0 spiro atoms. The summed E-state index contributed by atoms with van der Waals surface area (Å²) in [5, 5.41) is 11.7. The molecule has 0 aromatic carbocycles. The molecule has 1 aliphatic carbocycles. The maximum atomic E-state index is 10.9. The van der Waals surface area contributed by atoms with E-state index in [0.717, 1.165) is 37.3 Å². The van der Waals surface area contributed by atoms with Crippen LogP contribution in [0.5, 0.6) is 0 Å². The van der Waals surface area contributed by atoms with Gasteiger partial charge in [0.2, 0.25) is 0 Å². The SMILES string of the molecule is C=CC#CC(C)C(N(O)CC=O)N(CCN(C)C)C1CCCCC1. The number of rotatable bonds is 9. The van der Waals surface area contributed by atoms with Crippen molar-refractivity contribution in [2.75, 3.05) is 33.7 Å². The Labute approximate surface area is 147 Å². The van der Waals surface area contributed by atoms with Crippen molar-refractivity contribution in [2.45, 2.75) is 51.2 Å². The fraction of sp³-hybridized carbons (Fsp3) is 0.737. The van der Waals surface area contributed by atoms with Gasteiger partial charge in [-0.15, -0.1) is 0 Å². The molecule has 0 aliphatic heterocycles. The average molecular weight is 335 g/mol. The molecule has 0 aromatic heterocycles. The van der Waals surface area contributed by atoms with Gasteiger partial charge >= 0.3 is 0 Å². The lowest BCUT2D eigenvalue weighted by atomic mass is 9.92. The lowest BCUT2D eigenvalue weighted by Crippen LogP contribution is -2.56. The van der Waals surface area contributed by atoms with E-state index in [9.17, 15) is 10.0 Å². The lowest BCUT2D eigenvalue weighted by Gasteiger charge is -2.44. The summed E-state index contributed by atoms with van der Waals surface area (Å²) in [5.41, 5.74) is 0. The maximum Gasteiger partial charge on any atom is 0.136 e. The van der Waals surface area contributed by atoms with E-state index < -0.39 is 0 Å². The summed E-state index contributed by atoms with van der Waals surface area (Å²) in [4.78, 5) is 15.4. The maximum absolute atomic E-state index is 10.9. The molecule has 1 saturated carbocycles. The first-order valence-corrected chi connectivity index (χ1v) is 8.92. The predicted molar refractivity (Wildman–Crippen MR) is 97.6 cm³/mol. The monoisotopic (exact) mass is 335 g/mol. The highest BCUT2D eigenvalue weighted by Gasteiger charge is 2.34. The molecule has 0 aromatic rings. The minimum Gasteiger partial charge on any atom is -0.312 e. The van der Waals surface area contributed by atoms with Crippen LogP contribution < -0.4 is 0 Å². The number of allylic oxidation sites excluding steroid dienone is 1. The molecule has 5 nitrogen and oxygen atoms in total. The Morgan fingerprint density at radius 1 is 1.25 bits per heavy atom. The number of carbonyl (C=O) groups is 1. The molecule has 24 heavy (non-hydrogen) atoms. The molecule has 0 bridgehead atoms. The molecule has 0 saturated heterocycles. The third-order valence-electron chi connectivity index (χ3n) is 4.62. The summed E-state index contributed by atoms with van der Waals surface area (Å²) in [6, 6.07) is 0.429. The van der Waals surface area contributed by atoms with Gasteiger partial charge in [-0.1, -0.05) is 37.7 Å². The Balaban J connectivity index is 3.04. The van der Waals surface area contributed by atoms with E-state index in [1.807, 2.05) is 6.92 Å². The largest absolute Gasteiger partial charge is 0.312 e. The normalized spacial score (nSPS) is 18.3. The van der Waals surface area contributed by atoms with Crippen molar-refractivity contribution in [3.05, 3.63) is 12.7 Å². The van der Waals surface area contributed by atoms with E-state index in [2.05, 4.69) is 42.3 Å². The summed E-state index contributed by atoms with van der Waals surface area (Å²) in [7, 11) is 4.11. The summed E-state index contributed by atoms with van der Waals surface area (Å²) in [5.74, 6) is 5.95. The van der Waals surface area contributed by atoms with Crippen molar-refractivity contribution in [2.24, 2.45) is 5.92 Å². The minimum absolute atomic E-state index is 0.00401. The van der Waals surface area contributed by atoms with Gasteiger partial charge in [0.1, 0.15) is 12.5 Å². The lowest BCUT2D eigenvalue weighted by molar-refractivity contribution is -0.189. The van der Waals surface area contributed by atoms with E-state index in [-0.39, 0.29) is 18.6 Å². The molecule has 136 valence electrons. The summed E-state index contributed by atoms with van der Waals surface area (Å²) in [6.45, 7) is 7.39. The first-order chi connectivity index (χ1) is 11.5. The fourth-order valence-electron chi connectivity index (χ4n) is 3.42. The van der Waals surface area contributed by atoms with Crippen LogP contribution in [0.3, 0.4) is 0 Å². The van der Waals surface area contributed by atoms with E-state index >= 15 is 0 Å². The van der Waals surface area contributed by atoms with Gasteiger partial charge in [0.25, 0.3) is 0 Å². The van der Waals surface area contributed by atoms with Crippen LogP contribution in [0.25, 0.3) is 0 Å². The highest BCUT2D eigenvalue weighted by atomic mass is 16.5. The zero-order chi connectivity index (χ0) is 17.9. The van der Waals surface area contributed by atoms with Crippen molar-refractivity contribution < 1.29 is 10.0 Å². The van der Waals surface area contributed by atoms with E-state index in [1.54, 1.807) is 6.08 Å². The standard InChI is InChI=1S/C19H33N3O2/c1-5-6-10-17(2)19(22(24)15-16-23)21(14-13-20(3)4)18-11-8-7-9-12-18/h5,16-19,24H,1,7-9,11-15H2,2-4H3. The van der Waals surface area contributed by atoms with Crippen LogP contribution in [-0.2, 0) is 4.79 Å². The smallest absolute Gasteiger partial charge is 0.136 e. The molecule has 5 heteroatoms. The van der Waals surface area contributed by atoms with Crippen molar-refractivity contribution in [1.82, 2.24) is 14.9 Å². The Hall–Kier alpha value is -1.19. The van der Waals surface area contributed by atoms with Crippen molar-refractivity contribution in [3.8, 4) is 11.8 Å². The van der Waals surface area contributed by atoms with Crippen LogP contribution in [0.4, 0.5) is 0 Å².